The van der Waals surface area contributed by atoms with Crippen LogP contribution < -0.4 is 4.90 Å². The summed E-state index contributed by atoms with van der Waals surface area (Å²) in [5, 5.41) is 9.02. The van der Waals surface area contributed by atoms with Crippen LogP contribution in [0, 0.1) is 23.0 Å². The molecule has 1 aliphatic rings. The molecule has 0 N–H and O–H groups in total. The van der Waals surface area contributed by atoms with E-state index in [1.165, 1.54) is 0 Å². The summed E-state index contributed by atoms with van der Waals surface area (Å²) in [5.74, 6) is -1.12. The molecule has 0 amide bonds. The largest absolute Gasteiger partial charge is 0.352 e. The number of aromatic nitrogens is 1. The Morgan fingerprint density at radius 3 is 2.58 bits per heavy atom. The van der Waals surface area contributed by atoms with Crippen molar-refractivity contribution in [3.63, 3.8) is 0 Å². The van der Waals surface area contributed by atoms with Gasteiger partial charge < -0.3 is 4.90 Å². The van der Waals surface area contributed by atoms with E-state index in [9.17, 15) is 8.78 Å². The first-order valence-electron chi connectivity index (χ1n) is 6.35. The predicted octanol–water partition coefficient (Wildman–Crippen LogP) is 1.78. The van der Waals surface area contributed by atoms with Gasteiger partial charge in [0.15, 0.2) is 11.6 Å². The first-order chi connectivity index (χ1) is 9.15. The van der Waals surface area contributed by atoms with Crippen LogP contribution in [0.2, 0.25) is 0 Å². The molecule has 0 saturated carbocycles. The second kappa shape index (κ2) is 5.93. The Balaban J connectivity index is 2.02. The molecule has 1 aromatic rings. The molecule has 0 aliphatic carbocycles. The number of piperazine rings is 1. The van der Waals surface area contributed by atoms with Gasteiger partial charge in [0.1, 0.15) is 5.82 Å². The zero-order valence-electron chi connectivity index (χ0n) is 10.8. The Morgan fingerprint density at radius 1 is 1.37 bits per heavy atom. The van der Waals surface area contributed by atoms with Gasteiger partial charge in [-0.2, -0.15) is 5.26 Å². The van der Waals surface area contributed by atoms with Crippen molar-refractivity contribution in [3.8, 4) is 6.07 Å². The Morgan fingerprint density at radius 2 is 2.05 bits per heavy atom. The van der Waals surface area contributed by atoms with E-state index >= 15 is 0 Å². The van der Waals surface area contributed by atoms with E-state index in [0.29, 0.717) is 26.2 Å². The van der Waals surface area contributed by atoms with E-state index in [2.05, 4.69) is 16.0 Å². The average molecular weight is 266 g/mol. The lowest BCUT2D eigenvalue weighted by atomic mass is 10.2. The highest BCUT2D eigenvalue weighted by atomic mass is 19.1. The van der Waals surface area contributed by atoms with Crippen molar-refractivity contribution in [2.75, 3.05) is 31.1 Å². The molecule has 1 aliphatic heterocycles. The Labute approximate surface area is 111 Å². The van der Waals surface area contributed by atoms with Gasteiger partial charge in [-0.25, -0.2) is 13.8 Å². The van der Waals surface area contributed by atoms with Crippen molar-refractivity contribution in [1.29, 1.82) is 5.26 Å². The van der Waals surface area contributed by atoms with Crippen molar-refractivity contribution in [3.05, 3.63) is 23.9 Å². The van der Waals surface area contributed by atoms with Gasteiger partial charge in [0.05, 0.1) is 18.3 Å². The standard InChI is InChI=1S/C13H16F2N4/c1-2-11(8-16)18-3-5-19(6-4-18)13-12(15)7-10(14)9-17-13/h7,9,11H,2-6H2,1H3. The highest BCUT2D eigenvalue weighted by Gasteiger charge is 2.24. The molecule has 1 saturated heterocycles. The molecule has 0 spiro atoms. The Bertz CT molecular complexity index is 478. The van der Waals surface area contributed by atoms with Crippen molar-refractivity contribution in [2.24, 2.45) is 0 Å². The fraction of sp³-hybridized carbons (Fsp3) is 0.538. The van der Waals surface area contributed by atoms with Crippen molar-refractivity contribution in [2.45, 2.75) is 19.4 Å². The number of rotatable bonds is 3. The van der Waals surface area contributed by atoms with Crippen molar-refractivity contribution in [1.82, 2.24) is 9.88 Å². The zero-order valence-corrected chi connectivity index (χ0v) is 10.8. The molecule has 1 atom stereocenters. The van der Waals surface area contributed by atoms with E-state index in [0.717, 1.165) is 18.7 Å². The molecule has 1 aromatic heterocycles. The molecule has 0 radical (unpaired) electrons. The third kappa shape index (κ3) is 2.99. The molecule has 2 heterocycles. The Kier molecular flexibility index (Phi) is 4.27. The maximum absolute atomic E-state index is 13.6. The summed E-state index contributed by atoms with van der Waals surface area (Å²) in [6.07, 6.45) is 1.80. The number of pyridine rings is 1. The average Bonchev–Trinajstić information content (AvgIpc) is 2.41. The molecule has 1 fully saturated rings. The number of halogens is 2. The molecule has 0 aromatic carbocycles. The maximum atomic E-state index is 13.6. The summed E-state index contributed by atoms with van der Waals surface area (Å²) in [6, 6.07) is 3.02. The fourth-order valence-electron chi connectivity index (χ4n) is 2.32. The summed E-state index contributed by atoms with van der Waals surface area (Å²) in [6.45, 7) is 4.53. The molecular formula is C13H16F2N4. The minimum absolute atomic E-state index is 0.0897. The third-order valence-electron chi connectivity index (χ3n) is 3.38. The minimum Gasteiger partial charge on any atom is -0.352 e. The summed E-state index contributed by atoms with van der Waals surface area (Å²) in [5.41, 5.74) is 0. The van der Waals surface area contributed by atoms with Gasteiger partial charge in [-0.05, 0) is 6.42 Å². The smallest absolute Gasteiger partial charge is 0.168 e. The maximum Gasteiger partial charge on any atom is 0.168 e. The van der Waals surface area contributed by atoms with Crippen LogP contribution in [0.5, 0.6) is 0 Å². The lowest BCUT2D eigenvalue weighted by molar-refractivity contribution is 0.215. The van der Waals surface area contributed by atoms with E-state index < -0.39 is 11.6 Å². The summed E-state index contributed by atoms with van der Waals surface area (Å²) >= 11 is 0. The van der Waals surface area contributed by atoms with Gasteiger partial charge >= 0.3 is 0 Å². The summed E-state index contributed by atoms with van der Waals surface area (Å²) in [4.78, 5) is 7.67. The number of nitriles is 1. The lowest BCUT2D eigenvalue weighted by Crippen LogP contribution is -2.50. The number of anilines is 1. The summed E-state index contributed by atoms with van der Waals surface area (Å²) < 4.78 is 26.4. The van der Waals surface area contributed by atoms with Crippen LogP contribution in [0.15, 0.2) is 12.3 Å². The highest BCUT2D eigenvalue weighted by molar-refractivity contribution is 5.40. The van der Waals surface area contributed by atoms with Gasteiger partial charge in [-0.3, -0.25) is 4.90 Å². The van der Waals surface area contributed by atoms with Crippen LogP contribution in [0.25, 0.3) is 0 Å². The van der Waals surface area contributed by atoms with Crippen LogP contribution in [-0.2, 0) is 0 Å². The van der Waals surface area contributed by atoms with Crippen LogP contribution in [-0.4, -0.2) is 42.1 Å². The second-order valence-corrected chi connectivity index (χ2v) is 4.54. The molecule has 1 unspecified atom stereocenters. The molecule has 0 bridgehead atoms. The first-order valence-corrected chi connectivity index (χ1v) is 6.35. The normalized spacial score (nSPS) is 18.1. The summed E-state index contributed by atoms with van der Waals surface area (Å²) in [7, 11) is 0. The van der Waals surface area contributed by atoms with Crippen LogP contribution in [0.1, 0.15) is 13.3 Å². The van der Waals surface area contributed by atoms with Gasteiger partial charge in [-0.15, -0.1) is 0 Å². The lowest BCUT2D eigenvalue weighted by Gasteiger charge is -2.37. The number of nitrogens with zero attached hydrogens (tertiary/aromatic N) is 4. The van der Waals surface area contributed by atoms with Crippen molar-refractivity contribution >= 4 is 5.82 Å². The molecule has 102 valence electrons. The molecular weight excluding hydrogens is 250 g/mol. The van der Waals surface area contributed by atoms with Gasteiger partial charge in [0.25, 0.3) is 0 Å². The van der Waals surface area contributed by atoms with Gasteiger partial charge in [0.2, 0.25) is 0 Å². The van der Waals surface area contributed by atoms with E-state index in [4.69, 9.17) is 5.26 Å². The zero-order chi connectivity index (χ0) is 13.8. The monoisotopic (exact) mass is 266 g/mol. The Hall–Kier alpha value is -1.74. The van der Waals surface area contributed by atoms with E-state index in [-0.39, 0.29) is 11.9 Å². The predicted molar refractivity (Wildman–Crippen MR) is 67.6 cm³/mol. The van der Waals surface area contributed by atoms with Gasteiger partial charge in [0, 0.05) is 32.2 Å². The SMILES string of the molecule is CCC(C#N)N1CCN(c2ncc(F)cc2F)CC1. The molecule has 4 nitrogen and oxygen atoms in total. The number of hydrogen-bond acceptors (Lipinski definition) is 4. The third-order valence-corrected chi connectivity index (χ3v) is 3.38. The van der Waals surface area contributed by atoms with Crippen molar-refractivity contribution < 1.29 is 8.78 Å². The quantitative estimate of drug-likeness (QED) is 0.836. The van der Waals surface area contributed by atoms with Crippen LogP contribution in [0.4, 0.5) is 14.6 Å². The van der Waals surface area contributed by atoms with Crippen LogP contribution in [0.3, 0.4) is 0 Å². The first kappa shape index (κ1) is 13.7. The van der Waals surface area contributed by atoms with E-state index in [1.54, 1.807) is 4.90 Å². The van der Waals surface area contributed by atoms with Gasteiger partial charge in [-0.1, -0.05) is 6.92 Å². The second-order valence-electron chi connectivity index (χ2n) is 4.54. The fourth-order valence-corrected chi connectivity index (χ4v) is 2.32. The number of hydrogen-bond donors (Lipinski definition) is 0. The molecule has 6 heteroatoms. The minimum atomic E-state index is -0.671. The van der Waals surface area contributed by atoms with E-state index in [1.807, 2.05) is 6.92 Å². The molecule has 19 heavy (non-hydrogen) atoms. The van der Waals surface area contributed by atoms with Crippen LogP contribution >= 0.6 is 0 Å². The molecule has 2 rings (SSSR count). The highest BCUT2D eigenvalue weighted by Crippen LogP contribution is 2.19. The topological polar surface area (TPSA) is 43.2 Å².